The van der Waals surface area contributed by atoms with Crippen molar-refractivity contribution in [3.8, 4) is 0 Å². The molecular formula is C16H21Cl2N3O2. The summed E-state index contributed by atoms with van der Waals surface area (Å²) in [5, 5.41) is 3.68. The SMILES string of the molecule is CC(CN)C(=O)N1CCCCC1C(=O)Nc1cc(Cl)ccc1Cl. The van der Waals surface area contributed by atoms with Gasteiger partial charge >= 0.3 is 0 Å². The van der Waals surface area contributed by atoms with E-state index in [0.717, 1.165) is 12.8 Å². The van der Waals surface area contributed by atoms with Crippen molar-refractivity contribution in [3.63, 3.8) is 0 Å². The summed E-state index contributed by atoms with van der Waals surface area (Å²) in [5.41, 5.74) is 6.03. The van der Waals surface area contributed by atoms with Crippen LogP contribution in [-0.4, -0.2) is 35.8 Å². The second-order valence-electron chi connectivity index (χ2n) is 5.79. The van der Waals surface area contributed by atoms with Crippen molar-refractivity contribution in [2.24, 2.45) is 11.7 Å². The molecule has 1 aliphatic heterocycles. The molecule has 1 aromatic rings. The van der Waals surface area contributed by atoms with Crippen LogP contribution in [0.25, 0.3) is 0 Å². The lowest BCUT2D eigenvalue weighted by atomic mass is 9.98. The number of halogens is 2. The summed E-state index contributed by atoms with van der Waals surface area (Å²) in [5.74, 6) is -0.617. The van der Waals surface area contributed by atoms with Gasteiger partial charge in [0.25, 0.3) is 0 Å². The molecule has 5 nitrogen and oxygen atoms in total. The minimum atomic E-state index is -0.500. The van der Waals surface area contributed by atoms with Crippen LogP contribution < -0.4 is 11.1 Å². The van der Waals surface area contributed by atoms with E-state index in [4.69, 9.17) is 28.9 Å². The maximum atomic E-state index is 12.6. The fraction of sp³-hybridized carbons (Fsp3) is 0.500. The summed E-state index contributed by atoms with van der Waals surface area (Å²) in [6.45, 7) is 2.62. The van der Waals surface area contributed by atoms with Crippen molar-refractivity contribution < 1.29 is 9.59 Å². The van der Waals surface area contributed by atoms with Gasteiger partial charge < -0.3 is 16.0 Å². The van der Waals surface area contributed by atoms with Crippen LogP contribution in [0.15, 0.2) is 18.2 Å². The molecule has 2 unspecified atom stereocenters. The Kier molecular flexibility index (Phi) is 6.27. The Bertz CT molecular complexity index is 595. The predicted octanol–water partition coefficient (Wildman–Crippen LogP) is 2.91. The molecule has 7 heteroatoms. The van der Waals surface area contributed by atoms with Crippen molar-refractivity contribution in [2.75, 3.05) is 18.4 Å². The summed E-state index contributed by atoms with van der Waals surface area (Å²) >= 11 is 12.0. The van der Waals surface area contributed by atoms with E-state index in [0.29, 0.717) is 28.7 Å². The molecule has 2 atom stereocenters. The van der Waals surface area contributed by atoms with Crippen LogP contribution in [0.4, 0.5) is 5.69 Å². The largest absolute Gasteiger partial charge is 0.330 e. The van der Waals surface area contributed by atoms with Gasteiger partial charge in [0, 0.05) is 24.0 Å². The molecule has 1 aliphatic rings. The molecule has 0 aliphatic carbocycles. The third-order valence-electron chi connectivity index (χ3n) is 4.05. The highest BCUT2D eigenvalue weighted by Crippen LogP contribution is 2.27. The average Bonchev–Trinajstić information content (AvgIpc) is 2.56. The van der Waals surface area contributed by atoms with E-state index < -0.39 is 6.04 Å². The number of anilines is 1. The standard InChI is InChI=1S/C16H21Cl2N3O2/c1-10(9-19)16(23)21-7-3-2-4-14(21)15(22)20-13-8-11(17)5-6-12(13)18/h5-6,8,10,14H,2-4,7,9,19H2,1H3,(H,20,22). The molecule has 1 aromatic carbocycles. The molecule has 1 heterocycles. The third kappa shape index (κ3) is 4.37. The third-order valence-corrected chi connectivity index (χ3v) is 4.61. The molecule has 3 N–H and O–H groups in total. The maximum Gasteiger partial charge on any atom is 0.247 e. The number of benzene rings is 1. The zero-order chi connectivity index (χ0) is 17.0. The lowest BCUT2D eigenvalue weighted by molar-refractivity contribution is -0.143. The molecule has 23 heavy (non-hydrogen) atoms. The van der Waals surface area contributed by atoms with Crippen LogP contribution in [0, 0.1) is 5.92 Å². The summed E-state index contributed by atoms with van der Waals surface area (Å²) in [7, 11) is 0. The van der Waals surface area contributed by atoms with Crippen LogP contribution >= 0.6 is 23.2 Å². The van der Waals surface area contributed by atoms with Gasteiger partial charge in [-0.05, 0) is 37.5 Å². The molecule has 0 saturated carbocycles. The Balaban J connectivity index is 2.15. The molecule has 0 aromatic heterocycles. The first-order chi connectivity index (χ1) is 10.9. The first-order valence-electron chi connectivity index (χ1n) is 7.70. The Morgan fingerprint density at radius 1 is 1.39 bits per heavy atom. The van der Waals surface area contributed by atoms with E-state index in [2.05, 4.69) is 5.32 Å². The molecular weight excluding hydrogens is 337 g/mol. The Morgan fingerprint density at radius 3 is 2.83 bits per heavy atom. The van der Waals surface area contributed by atoms with Gasteiger partial charge in [0.2, 0.25) is 11.8 Å². The summed E-state index contributed by atoms with van der Waals surface area (Å²) in [6, 6.07) is 4.37. The van der Waals surface area contributed by atoms with Gasteiger partial charge in [0.05, 0.1) is 10.7 Å². The highest BCUT2D eigenvalue weighted by atomic mass is 35.5. The number of nitrogens with two attached hydrogens (primary N) is 1. The van der Waals surface area contributed by atoms with Crippen molar-refractivity contribution in [1.82, 2.24) is 4.90 Å². The summed E-state index contributed by atoms with van der Waals surface area (Å²) in [6.07, 6.45) is 2.43. The molecule has 1 saturated heterocycles. The number of likely N-dealkylation sites (tertiary alicyclic amines) is 1. The van der Waals surface area contributed by atoms with Gasteiger partial charge in [0.1, 0.15) is 6.04 Å². The molecule has 2 amide bonds. The minimum Gasteiger partial charge on any atom is -0.330 e. The second-order valence-corrected chi connectivity index (χ2v) is 6.64. The Labute approximate surface area is 146 Å². The lowest BCUT2D eigenvalue weighted by Gasteiger charge is -2.36. The number of nitrogens with one attached hydrogen (secondary N) is 1. The predicted molar refractivity (Wildman–Crippen MR) is 92.7 cm³/mol. The van der Waals surface area contributed by atoms with Crippen LogP contribution in [0.2, 0.25) is 10.0 Å². The number of carbonyl (C=O) groups excluding carboxylic acids is 2. The Morgan fingerprint density at radius 2 is 2.13 bits per heavy atom. The number of hydrogen-bond acceptors (Lipinski definition) is 3. The van der Waals surface area contributed by atoms with Crippen molar-refractivity contribution in [1.29, 1.82) is 0 Å². The van der Waals surface area contributed by atoms with E-state index in [1.165, 1.54) is 0 Å². The van der Waals surface area contributed by atoms with Crippen molar-refractivity contribution in [2.45, 2.75) is 32.2 Å². The van der Waals surface area contributed by atoms with Crippen molar-refractivity contribution in [3.05, 3.63) is 28.2 Å². The maximum absolute atomic E-state index is 12.6. The van der Waals surface area contributed by atoms with Gasteiger partial charge in [-0.25, -0.2) is 0 Å². The monoisotopic (exact) mass is 357 g/mol. The van der Waals surface area contributed by atoms with Crippen molar-refractivity contribution >= 4 is 40.7 Å². The number of nitrogens with zero attached hydrogens (tertiary/aromatic N) is 1. The van der Waals surface area contributed by atoms with Gasteiger partial charge in [-0.2, -0.15) is 0 Å². The summed E-state index contributed by atoms with van der Waals surface area (Å²) < 4.78 is 0. The van der Waals surface area contributed by atoms with Gasteiger partial charge in [0.15, 0.2) is 0 Å². The van der Waals surface area contributed by atoms with E-state index in [1.807, 2.05) is 0 Å². The number of rotatable bonds is 4. The van der Waals surface area contributed by atoms with E-state index in [1.54, 1.807) is 30.0 Å². The highest BCUT2D eigenvalue weighted by molar-refractivity contribution is 6.35. The smallest absolute Gasteiger partial charge is 0.247 e. The minimum absolute atomic E-state index is 0.0791. The van der Waals surface area contributed by atoms with Crippen LogP contribution in [0.1, 0.15) is 26.2 Å². The van der Waals surface area contributed by atoms with Crippen LogP contribution in [0.5, 0.6) is 0 Å². The molecule has 126 valence electrons. The molecule has 0 radical (unpaired) electrons. The van der Waals surface area contributed by atoms with E-state index in [9.17, 15) is 9.59 Å². The van der Waals surface area contributed by atoms with Gasteiger partial charge in [-0.15, -0.1) is 0 Å². The number of hydrogen-bond donors (Lipinski definition) is 2. The first-order valence-corrected chi connectivity index (χ1v) is 8.46. The lowest BCUT2D eigenvalue weighted by Crippen LogP contribution is -2.52. The Hall–Kier alpha value is -1.30. The zero-order valence-corrected chi connectivity index (χ0v) is 14.5. The van der Waals surface area contributed by atoms with Crippen LogP contribution in [-0.2, 0) is 9.59 Å². The second kappa shape index (κ2) is 7.99. The first kappa shape index (κ1) is 18.0. The van der Waals surface area contributed by atoms with Crippen LogP contribution in [0.3, 0.4) is 0 Å². The topological polar surface area (TPSA) is 75.4 Å². The number of amides is 2. The van der Waals surface area contributed by atoms with Gasteiger partial charge in [-0.1, -0.05) is 30.1 Å². The molecule has 0 spiro atoms. The van der Waals surface area contributed by atoms with E-state index >= 15 is 0 Å². The summed E-state index contributed by atoms with van der Waals surface area (Å²) in [4.78, 5) is 26.7. The fourth-order valence-corrected chi connectivity index (χ4v) is 3.00. The molecule has 2 rings (SSSR count). The fourth-order valence-electron chi connectivity index (χ4n) is 2.66. The number of carbonyl (C=O) groups is 2. The average molecular weight is 358 g/mol. The van der Waals surface area contributed by atoms with E-state index in [-0.39, 0.29) is 24.3 Å². The highest BCUT2D eigenvalue weighted by Gasteiger charge is 2.33. The zero-order valence-electron chi connectivity index (χ0n) is 13.0. The normalized spacial score (nSPS) is 19.3. The molecule has 0 bridgehead atoms. The van der Waals surface area contributed by atoms with Gasteiger partial charge in [-0.3, -0.25) is 9.59 Å². The molecule has 1 fully saturated rings. The quantitative estimate of drug-likeness (QED) is 0.869. The number of piperidine rings is 1.